The number of hydrogen-bond donors (Lipinski definition) is 1. The number of nitrogens with zero attached hydrogens (tertiary/aromatic N) is 2. The molecule has 0 atom stereocenters. The monoisotopic (exact) mass is 349 g/mol. The Morgan fingerprint density at radius 3 is 2.45 bits per heavy atom. The van der Waals surface area contributed by atoms with E-state index in [9.17, 15) is 13.2 Å². The summed E-state index contributed by atoms with van der Waals surface area (Å²) in [5.41, 5.74) is 5.74. The van der Waals surface area contributed by atoms with Crippen molar-refractivity contribution >= 4 is 23.4 Å². The van der Waals surface area contributed by atoms with Gasteiger partial charge in [-0.2, -0.15) is 18.3 Å². The molecule has 0 spiro atoms. The van der Waals surface area contributed by atoms with E-state index in [1.165, 1.54) is 23.5 Å². The highest BCUT2D eigenvalue weighted by Crippen LogP contribution is 2.37. The molecule has 0 bridgehead atoms. The number of aryl methyl sites for hydroxylation is 1. The van der Waals surface area contributed by atoms with Crippen LogP contribution >= 0.6 is 23.4 Å². The molecule has 0 fully saturated rings. The average molecular weight is 350 g/mol. The second kappa shape index (κ2) is 6.93. The van der Waals surface area contributed by atoms with E-state index in [4.69, 9.17) is 17.3 Å². The standard InChI is InChI=1S/C14H15ClF3N3S/c1-21-13(22-8-9-2-4-10(15)5-3-9)11(6-7-19)12(20-21)14(16,17)18/h2-5H,6-8,19H2,1H3. The zero-order valence-corrected chi connectivity index (χ0v) is 13.4. The third-order valence-electron chi connectivity index (χ3n) is 3.04. The van der Waals surface area contributed by atoms with Crippen molar-refractivity contribution in [2.45, 2.75) is 23.4 Å². The lowest BCUT2D eigenvalue weighted by molar-refractivity contribution is -0.142. The van der Waals surface area contributed by atoms with Crippen LogP contribution in [0.4, 0.5) is 13.2 Å². The normalized spacial score (nSPS) is 11.9. The van der Waals surface area contributed by atoms with Gasteiger partial charge in [0.1, 0.15) is 0 Å². The van der Waals surface area contributed by atoms with Crippen LogP contribution in [0.5, 0.6) is 0 Å². The minimum Gasteiger partial charge on any atom is -0.330 e. The van der Waals surface area contributed by atoms with Gasteiger partial charge in [-0.15, -0.1) is 11.8 Å². The highest BCUT2D eigenvalue weighted by molar-refractivity contribution is 7.98. The molecule has 0 saturated heterocycles. The highest BCUT2D eigenvalue weighted by atomic mass is 35.5. The molecule has 0 aliphatic carbocycles. The van der Waals surface area contributed by atoms with Gasteiger partial charge in [0.05, 0.1) is 5.03 Å². The van der Waals surface area contributed by atoms with Gasteiger partial charge in [-0.1, -0.05) is 23.7 Å². The molecule has 8 heteroatoms. The molecule has 120 valence electrons. The molecule has 0 saturated carbocycles. The molecule has 0 aliphatic heterocycles. The van der Waals surface area contributed by atoms with Crippen molar-refractivity contribution in [3.8, 4) is 0 Å². The Labute approximate surface area is 135 Å². The maximum absolute atomic E-state index is 13.0. The third kappa shape index (κ3) is 3.97. The minimum absolute atomic E-state index is 0.142. The maximum Gasteiger partial charge on any atom is 0.435 e. The van der Waals surface area contributed by atoms with Crippen molar-refractivity contribution < 1.29 is 13.2 Å². The topological polar surface area (TPSA) is 43.8 Å². The highest BCUT2D eigenvalue weighted by Gasteiger charge is 2.38. The van der Waals surface area contributed by atoms with Crippen molar-refractivity contribution in [1.29, 1.82) is 0 Å². The summed E-state index contributed by atoms with van der Waals surface area (Å²) in [6, 6.07) is 7.20. The molecule has 2 N–H and O–H groups in total. The number of alkyl halides is 3. The SMILES string of the molecule is Cn1nc(C(F)(F)F)c(CCN)c1SCc1ccc(Cl)cc1. The van der Waals surface area contributed by atoms with E-state index in [2.05, 4.69) is 5.10 Å². The minimum atomic E-state index is -4.47. The van der Waals surface area contributed by atoms with Crippen LogP contribution < -0.4 is 5.73 Å². The van der Waals surface area contributed by atoms with Crippen LogP contribution in [0, 0.1) is 0 Å². The number of benzene rings is 1. The van der Waals surface area contributed by atoms with Crippen molar-refractivity contribution in [3.63, 3.8) is 0 Å². The van der Waals surface area contributed by atoms with Crippen molar-refractivity contribution in [3.05, 3.63) is 46.1 Å². The molecule has 2 rings (SSSR count). The number of nitrogens with two attached hydrogens (primary N) is 1. The van der Waals surface area contributed by atoms with E-state index in [0.717, 1.165) is 5.56 Å². The van der Waals surface area contributed by atoms with Gasteiger partial charge in [0.15, 0.2) is 5.69 Å². The first-order valence-electron chi connectivity index (χ1n) is 6.53. The summed E-state index contributed by atoms with van der Waals surface area (Å²) in [7, 11) is 1.51. The lowest BCUT2D eigenvalue weighted by Crippen LogP contribution is -2.12. The van der Waals surface area contributed by atoms with Gasteiger partial charge >= 0.3 is 6.18 Å². The fourth-order valence-electron chi connectivity index (χ4n) is 2.06. The van der Waals surface area contributed by atoms with Gasteiger partial charge in [-0.3, -0.25) is 4.68 Å². The average Bonchev–Trinajstić information content (AvgIpc) is 2.75. The number of hydrogen-bond acceptors (Lipinski definition) is 3. The number of aromatic nitrogens is 2. The zero-order valence-electron chi connectivity index (χ0n) is 11.8. The summed E-state index contributed by atoms with van der Waals surface area (Å²) in [4.78, 5) is 0. The predicted molar refractivity (Wildman–Crippen MR) is 82.0 cm³/mol. The zero-order chi connectivity index (χ0) is 16.3. The predicted octanol–water partition coefficient (Wildman–Crippen LogP) is 3.89. The molecule has 2 aromatic rings. The van der Waals surface area contributed by atoms with E-state index in [0.29, 0.717) is 15.8 Å². The van der Waals surface area contributed by atoms with Crippen molar-refractivity contribution in [2.24, 2.45) is 12.8 Å². The van der Waals surface area contributed by atoms with Crippen LogP contribution in [-0.4, -0.2) is 16.3 Å². The molecule has 1 heterocycles. The van der Waals surface area contributed by atoms with Gasteiger partial charge in [0.25, 0.3) is 0 Å². The number of thioether (sulfide) groups is 1. The molecule has 1 aromatic heterocycles. The first-order chi connectivity index (χ1) is 10.3. The Morgan fingerprint density at radius 1 is 1.27 bits per heavy atom. The molecule has 22 heavy (non-hydrogen) atoms. The quantitative estimate of drug-likeness (QED) is 0.833. The Kier molecular flexibility index (Phi) is 5.41. The summed E-state index contributed by atoms with van der Waals surface area (Å²) >= 11 is 7.13. The lowest BCUT2D eigenvalue weighted by Gasteiger charge is -2.08. The largest absolute Gasteiger partial charge is 0.435 e. The molecular weight excluding hydrogens is 335 g/mol. The van der Waals surface area contributed by atoms with Gasteiger partial charge in [0, 0.05) is 23.4 Å². The van der Waals surface area contributed by atoms with Gasteiger partial charge in [-0.05, 0) is 30.7 Å². The van der Waals surface area contributed by atoms with E-state index < -0.39 is 11.9 Å². The van der Waals surface area contributed by atoms with Gasteiger partial charge < -0.3 is 5.73 Å². The summed E-state index contributed by atoms with van der Waals surface area (Å²) in [6.07, 6.45) is -4.33. The van der Waals surface area contributed by atoms with Crippen LogP contribution in [0.1, 0.15) is 16.8 Å². The Bertz CT molecular complexity index is 638. The molecule has 0 aliphatic rings. The fraction of sp³-hybridized carbons (Fsp3) is 0.357. The third-order valence-corrected chi connectivity index (χ3v) is 4.55. The summed E-state index contributed by atoms with van der Waals surface area (Å²) < 4.78 is 40.4. The maximum atomic E-state index is 13.0. The van der Waals surface area contributed by atoms with E-state index in [-0.39, 0.29) is 18.5 Å². The number of rotatable bonds is 5. The lowest BCUT2D eigenvalue weighted by atomic mass is 10.2. The van der Waals surface area contributed by atoms with Crippen molar-refractivity contribution in [2.75, 3.05) is 6.54 Å². The van der Waals surface area contributed by atoms with Crippen LogP contribution in [-0.2, 0) is 25.4 Å². The Hall–Kier alpha value is -1.18. The molecule has 1 aromatic carbocycles. The Balaban J connectivity index is 2.26. The number of halogens is 4. The van der Waals surface area contributed by atoms with Crippen LogP contribution in [0.15, 0.2) is 29.3 Å². The van der Waals surface area contributed by atoms with Crippen LogP contribution in [0.25, 0.3) is 0 Å². The summed E-state index contributed by atoms with van der Waals surface area (Å²) in [5, 5.41) is 4.74. The molecule has 0 radical (unpaired) electrons. The van der Waals surface area contributed by atoms with Gasteiger partial charge in [-0.25, -0.2) is 0 Å². The van der Waals surface area contributed by atoms with Gasteiger partial charge in [0.2, 0.25) is 0 Å². The van der Waals surface area contributed by atoms with Crippen LogP contribution in [0.2, 0.25) is 5.02 Å². The second-order valence-corrected chi connectivity index (χ2v) is 6.11. The Morgan fingerprint density at radius 2 is 1.91 bits per heavy atom. The van der Waals surface area contributed by atoms with E-state index in [1.54, 1.807) is 12.1 Å². The first-order valence-corrected chi connectivity index (χ1v) is 7.89. The molecular formula is C14H15ClF3N3S. The van der Waals surface area contributed by atoms with E-state index >= 15 is 0 Å². The van der Waals surface area contributed by atoms with Crippen LogP contribution in [0.3, 0.4) is 0 Å². The smallest absolute Gasteiger partial charge is 0.330 e. The fourth-order valence-corrected chi connectivity index (χ4v) is 3.29. The summed E-state index contributed by atoms with van der Waals surface area (Å²) in [5.74, 6) is 0.533. The van der Waals surface area contributed by atoms with Crippen molar-refractivity contribution in [1.82, 2.24) is 9.78 Å². The van der Waals surface area contributed by atoms with E-state index in [1.807, 2.05) is 12.1 Å². The summed E-state index contributed by atoms with van der Waals surface area (Å²) in [6.45, 7) is 0.142. The molecule has 3 nitrogen and oxygen atoms in total. The molecule has 0 unspecified atom stereocenters. The second-order valence-electron chi connectivity index (χ2n) is 4.71. The first kappa shape index (κ1) is 17.2. The molecule has 0 amide bonds.